The van der Waals surface area contributed by atoms with E-state index in [0.29, 0.717) is 0 Å². The Balaban J connectivity index is 3.27. The van der Waals surface area contributed by atoms with Gasteiger partial charge in [0.05, 0.1) is 0 Å². The normalized spacial score (nSPS) is 11.0. The molecule has 3 heteroatoms. The maximum atomic E-state index is 6.40. The van der Waals surface area contributed by atoms with Crippen molar-refractivity contribution in [3.05, 3.63) is 0 Å². The third-order valence-corrected chi connectivity index (χ3v) is 0.376. The van der Waals surface area contributed by atoms with E-state index in [-0.39, 0.29) is 0 Å². The zero-order valence-electron chi connectivity index (χ0n) is 4.13. The Bertz CT molecular complexity index is 93.1. The summed E-state index contributed by atoms with van der Waals surface area (Å²) < 4.78 is 0. The van der Waals surface area contributed by atoms with Gasteiger partial charge >= 0.3 is 0 Å². The molecule has 0 heterocycles. The van der Waals surface area contributed by atoms with Crippen molar-refractivity contribution in [1.82, 2.24) is 0 Å². The largest absolute Gasteiger partial charge is 0.295 e. The molecule has 1 N–H and O–H groups in total. The van der Waals surface area contributed by atoms with Crippen LogP contribution in [0.1, 0.15) is 0 Å². The van der Waals surface area contributed by atoms with E-state index in [1.165, 1.54) is 12.4 Å². The summed E-state index contributed by atoms with van der Waals surface area (Å²) in [6.45, 7) is 0. The molecule has 7 heavy (non-hydrogen) atoms. The van der Waals surface area contributed by atoms with Crippen LogP contribution >= 0.6 is 0 Å². The van der Waals surface area contributed by atoms with Crippen molar-refractivity contribution in [2.75, 3.05) is 7.05 Å². The fourth-order valence-corrected chi connectivity index (χ4v) is 0.148. The second kappa shape index (κ2) is 5.01. The lowest BCUT2D eigenvalue weighted by Gasteiger charge is -1.65. The Kier molecular flexibility index (Phi) is 4.30. The van der Waals surface area contributed by atoms with Gasteiger partial charge in [0.15, 0.2) is 0 Å². The minimum Gasteiger partial charge on any atom is -0.295 e. The van der Waals surface area contributed by atoms with E-state index in [9.17, 15) is 0 Å². The molecule has 38 valence electrons. The van der Waals surface area contributed by atoms with Crippen LogP contribution < -0.4 is 0 Å². The molecular formula is C4H7N3. The molecule has 0 fully saturated rings. The SMILES string of the molecule is C/N=C\C=N/C=N. The van der Waals surface area contributed by atoms with E-state index < -0.39 is 0 Å². The van der Waals surface area contributed by atoms with Crippen molar-refractivity contribution in [1.29, 1.82) is 5.41 Å². The first-order chi connectivity index (χ1) is 3.41. The van der Waals surface area contributed by atoms with E-state index in [1.807, 2.05) is 0 Å². The highest BCUT2D eigenvalue weighted by Crippen LogP contribution is 1.49. The summed E-state index contributed by atoms with van der Waals surface area (Å²) in [5.41, 5.74) is 0. The zero-order valence-corrected chi connectivity index (χ0v) is 4.13. The van der Waals surface area contributed by atoms with Crippen molar-refractivity contribution < 1.29 is 0 Å². The molecule has 0 radical (unpaired) electrons. The highest BCUT2D eigenvalue weighted by atomic mass is 14.7. The van der Waals surface area contributed by atoms with E-state index in [1.54, 1.807) is 7.05 Å². The van der Waals surface area contributed by atoms with Gasteiger partial charge in [-0.25, -0.2) is 4.99 Å². The number of aliphatic imine (C=N–C) groups is 2. The number of hydrogen-bond donors (Lipinski definition) is 1. The minimum absolute atomic E-state index is 0.960. The zero-order chi connectivity index (χ0) is 5.54. The second-order valence-corrected chi connectivity index (χ2v) is 0.835. The molecule has 0 aromatic heterocycles. The molecule has 0 aliphatic heterocycles. The summed E-state index contributed by atoms with van der Waals surface area (Å²) in [6, 6.07) is 0. The van der Waals surface area contributed by atoms with Crippen LogP contribution in [0.15, 0.2) is 9.98 Å². The quantitative estimate of drug-likeness (QED) is 0.382. The molecule has 3 nitrogen and oxygen atoms in total. The van der Waals surface area contributed by atoms with Crippen LogP contribution in [0.2, 0.25) is 0 Å². The fourth-order valence-electron chi connectivity index (χ4n) is 0.148. The predicted octanol–water partition coefficient (Wildman–Crippen LogP) is 0.365. The summed E-state index contributed by atoms with van der Waals surface area (Å²) in [5, 5.41) is 6.40. The molecular weight excluding hydrogens is 90.1 g/mol. The molecule has 0 rings (SSSR count). The van der Waals surface area contributed by atoms with Gasteiger partial charge in [0.25, 0.3) is 0 Å². The summed E-state index contributed by atoms with van der Waals surface area (Å²) in [6.07, 6.45) is 3.93. The molecule has 0 aliphatic rings. The lowest BCUT2D eigenvalue weighted by Crippen LogP contribution is -1.72. The minimum atomic E-state index is 0.960. The van der Waals surface area contributed by atoms with E-state index >= 15 is 0 Å². The predicted molar refractivity (Wildman–Crippen MR) is 31.7 cm³/mol. The summed E-state index contributed by atoms with van der Waals surface area (Å²) in [7, 11) is 1.65. The Labute approximate surface area is 42.3 Å². The van der Waals surface area contributed by atoms with Crippen LogP contribution in [0.3, 0.4) is 0 Å². The van der Waals surface area contributed by atoms with E-state index in [0.717, 1.165) is 6.34 Å². The Morgan fingerprint density at radius 3 is 2.57 bits per heavy atom. The molecule has 0 unspecified atom stereocenters. The maximum absolute atomic E-state index is 6.40. The second-order valence-electron chi connectivity index (χ2n) is 0.835. The molecule has 0 saturated carbocycles. The Morgan fingerprint density at radius 1 is 1.43 bits per heavy atom. The van der Waals surface area contributed by atoms with Crippen molar-refractivity contribution in [3.63, 3.8) is 0 Å². The van der Waals surface area contributed by atoms with Crippen LogP contribution in [0.4, 0.5) is 0 Å². The van der Waals surface area contributed by atoms with Gasteiger partial charge in [0, 0.05) is 19.5 Å². The average molecular weight is 97.1 g/mol. The van der Waals surface area contributed by atoms with E-state index in [2.05, 4.69) is 9.98 Å². The van der Waals surface area contributed by atoms with E-state index in [4.69, 9.17) is 5.41 Å². The Hall–Kier alpha value is -0.990. The summed E-state index contributed by atoms with van der Waals surface area (Å²) >= 11 is 0. The van der Waals surface area contributed by atoms with Crippen molar-refractivity contribution in [2.24, 2.45) is 9.98 Å². The van der Waals surface area contributed by atoms with Crippen molar-refractivity contribution in [2.45, 2.75) is 0 Å². The first kappa shape index (κ1) is 6.01. The molecule has 0 atom stereocenters. The number of nitrogens with one attached hydrogen (secondary N) is 1. The fraction of sp³-hybridized carbons (Fsp3) is 0.250. The Morgan fingerprint density at radius 2 is 2.14 bits per heavy atom. The number of rotatable bonds is 2. The van der Waals surface area contributed by atoms with Crippen molar-refractivity contribution in [3.8, 4) is 0 Å². The number of hydrogen-bond acceptors (Lipinski definition) is 2. The van der Waals surface area contributed by atoms with Crippen LogP contribution in [0.5, 0.6) is 0 Å². The van der Waals surface area contributed by atoms with Crippen LogP contribution in [-0.4, -0.2) is 25.8 Å². The highest BCUT2D eigenvalue weighted by molar-refractivity contribution is 6.17. The standard InChI is InChI=1S/C4H7N3/c1-6-2-3-7-4-5/h2-5H,1H3/b5-4?,6-2-,7-3-. The summed E-state index contributed by atoms with van der Waals surface area (Å²) in [4.78, 5) is 7.02. The van der Waals surface area contributed by atoms with Gasteiger partial charge in [-0.1, -0.05) is 0 Å². The third kappa shape index (κ3) is 5.01. The first-order valence-electron chi connectivity index (χ1n) is 1.84. The van der Waals surface area contributed by atoms with Gasteiger partial charge in [-0.05, 0) is 0 Å². The molecule has 0 saturated heterocycles. The number of nitrogens with zero attached hydrogens (tertiary/aromatic N) is 2. The van der Waals surface area contributed by atoms with Gasteiger partial charge in [0.1, 0.15) is 6.34 Å². The molecule has 0 bridgehead atoms. The first-order valence-corrected chi connectivity index (χ1v) is 1.84. The van der Waals surface area contributed by atoms with Gasteiger partial charge in [-0.2, -0.15) is 0 Å². The highest BCUT2D eigenvalue weighted by Gasteiger charge is 1.54. The maximum Gasteiger partial charge on any atom is 0.106 e. The topological polar surface area (TPSA) is 48.6 Å². The van der Waals surface area contributed by atoms with Gasteiger partial charge in [-0.3, -0.25) is 10.4 Å². The monoisotopic (exact) mass is 97.1 g/mol. The molecule has 0 aromatic rings. The smallest absolute Gasteiger partial charge is 0.106 e. The van der Waals surface area contributed by atoms with Crippen molar-refractivity contribution >= 4 is 18.8 Å². The van der Waals surface area contributed by atoms with Gasteiger partial charge in [-0.15, -0.1) is 0 Å². The molecule has 0 spiro atoms. The van der Waals surface area contributed by atoms with Crippen LogP contribution in [0, 0.1) is 5.41 Å². The van der Waals surface area contributed by atoms with Gasteiger partial charge < -0.3 is 0 Å². The molecule has 0 aromatic carbocycles. The van der Waals surface area contributed by atoms with Crippen LogP contribution in [-0.2, 0) is 0 Å². The molecule has 0 amide bonds. The van der Waals surface area contributed by atoms with Crippen LogP contribution in [0.25, 0.3) is 0 Å². The lowest BCUT2D eigenvalue weighted by molar-refractivity contribution is 1.48. The average Bonchev–Trinajstić information content (AvgIpc) is 1.69. The molecule has 0 aliphatic carbocycles. The van der Waals surface area contributed by atoms with Gasteiger partial charge in [0.2, 0.25) is 0 Å². The summed E-state index contributed by atoms with van der Waals surface area (Å²) in [5.74, 6) is 0. The lowest BCUT2D eigenvalue weighted by atomic mass is 10.8. The third-order valence-electron chi connectivity index (χ3n) is 0.376.